The molecule has 6 N–H and O–H groups in total. The van der Waals surface area contributed by atoms with Crippen molar-refractivity contribution in [1.29, 1.82) is 0 Å². The van der Waals surface area contributed by atoms with E-state index in [1.807, 2.05) is 0 Å². The monoisotopic (exact) mass is 509 g/mol. The smallest absolute Gasteiger partial charge is 0.350 e. The van der Waals surface area contributed by atoms with Crippen LogP contribution in [0.25, 0.3) is 22.3 Å². The molecule has 17 heteroatoms. The summed E-state index contributed by atoms with van der Waals surface area (Å²) in [6.45, 7) is 0.518. The number of hydrogen-bond acceptors (Lipinski definition) is 11. The van der Waals surface area contributed by atoms with Crippen LogP contribution in [-0.4, -0.2) is 79.6 Å². The third-order valence-corrected chi connectivity index (χ3v) is 5.65. The van der Waals surface area contributed by atoms with Crippen LogP contribution in [0.5, 0.6) is 0 Å². The Balaban J connectivity index is 0.000000165. The molecule has 0 bridgehead atoms. The zero-order chi connectivity index (χ0) is 25.0. The number of ether oxygens (including phenoxy) is 2. The van der Waals surface area contributed by atoms with Crippen LogP contribution in [0.2, 0.25) is 0 Å². The molecule has 1 fully saturated rings. The van der Waals surface area contributed by atoms with Crippen LogP contribution in [0.3, 0.4) is 0 Å². The predicted molar refractivity (Wildman–Crippen MR) is 121 cm³/mol. The van der Waals surface area contributed by atoms with Crippen molar-refractivity contribution in [2.24, 2.45) is 0 Å². The van der Waals surface area contributed by atoms with Gasteiger partial charge in [-0.15, -0.1) is 0 Å². The quantitative estimate of drug-likeness (QED) is 0.154. The number of nitrogens with two attached hydrogens (primary N) is 1. The van der Waals surface area contributed by atoms with Gasteiger partial charge in [0.25, 0.3) is 5.56 Å². The molecule has 1 saturated heterocycles. The minimum atomic E-state index is -4.12. The highest BCUT2D eigenvalue weighted by molar-refractivity contribution is 7.51. The number of imidazole rings is 2. The summed E-state index contributed by atoms with van der Waals surface area (Å²) >= 11 is 0. The van der Waals surface area contributed by atoms with Crippen molar-refractivity contribution in [3.8, 4) is 0 Å². The molecule has 0 radical (unpaired) electrons. The third-order valence-electron chi connectivity index (χ3n) is 5.13. The fourth-order valence-electron chi connectivity index (χ4n) is 3.51. The summed E-state index contributed by atoms with van der Waals surface area (Å²) in [4.78, 5) is 51.2. The van der Waals surface area contributed by atoms with Crippen LogP contribution < -0.4 is 11.3 Å². The Hall–Kier alpha value is -3.27. The molecule has 0 amide bonds. The van der Waals surface area contributed by atoms with E-state index >= 15 is 0 Å². The molecule has 5 heterocycles. The van der Waals surface area contributed by atoms with Gasteiger partial charge in [-0.05, 0) is 12.8 Å². The second kappa shape index (κ2) is 10.6. The van der Waals surface area contributed by atoms with Crippen LogP contribution in [-0.2, 0) is 20.6 Å². The lowest BCUT2D eigenvalue weighted by molar-refractivity contribution is -0.0207. The Morgan fingerprint density at radius 1 is 1.14 bits per heavy atom. The summed E-state index contributed by atoms with van der Waals surface area (Å²) in [5.74, 6) is 0.287. The Morgan fingerprint density at radius 3 is 2.69 bits per heavy atom. The van der Waals surface area contributed by atoms with E-state index in [0.29, 0.717) is 28.9 Å². The first-order valence-electron chi connectivity index (χ1n) is 10.5. The van der Waals surface area contributed by atoms with Crippen LogP contribution >= 0.6 is 7.60 Å². The number of aromatic amines is 1. The van der Waals surface area contributed by atoms with Gasteiger partial charge in [0, 0.05) is 6.54 Å². The third kappa shape index (κ3) is 5.87. The SMILES string of the molecule is Nc1ncnc2c1ncn2CCOCP(=O)(O)O.O=c1[nH]cnc2c1ncn2[C@H]1CC[C@@H](CO)O1. The lowest BCUT2D eigenvalue weighted by Crippen LogP contribution is -2.14. The minimum absolute atomic E-state index is 0.0111. The molecule has 0 saturated carbocycles. The highest BCUT2D eigenvalue weighted by Crippen LogP contribution is 2.33. The van der Waals surface area contributed by atoms with Gasteiger partial charge in [0.1, 0.15) is 24.4 Å². The van der Waals surface area contributed by atoms with Gasteiger partial charge in [0.05, 0.1) is 38.3 Å². The first kappa shape index (κ1) is 24.8. The molecule has 1 aliphatic rings. The van der Waals surface area contributed by atoms with Crippen LogP contribution in [0, 0.1) is 0 Å². The average molecular weight is 509 g/mol. The maximum absolute atomic E-state index is 11.5. The summed E-state index contributed by atoms with van der Waals surface area (Å²) < 4.78 is 24.5. The van der Waals surface area contributed by atoms with Crippen LogP contribution in [0.4, 0.5) is 5.82 Å². The fourth-order valence-corrected chi connectivity index (χ4v) is 3.88. The Bertz CT molecular complexity index is 1400. The van der Waals surface area contributed by atoms with Gasteiger partial charge in [0.2, 0.25) is 0 Å². The molecule has 1 aliphatic heterocycles. The molecule has 4 aromatic rings. The fraction of sp³-hybridized carbons (Fsp3) is 0.444. The van der Waals surface area contributed by atoms with E-state index in [9.17, 15) is 9.36 Å². The normalized spacial score (nSPS) is 18.1. The van der Waals surface area contributed by atoms with Gasteiger partial charge >= 0.3 is 7.60 Å². The first-order chi connectivity index (χ1) is 16.8. The number of aromatic nitrogens is 8. The highest BCUT2D eigenvalue weighted by atomic mass is 31.2. The van der Waals surface area contributed by atoms with Crippen molar-refractivity contribution in [1.82, 2.24) is 39.0 Å². The molecule has 35 heavy (non-hydrogen) atoms. The van der Waals surface area contributed by atoms with E-state index in [1.54, 1.807) is 15.5 Å². The highest BCUT2D eigenvalue weighted by Gasteiger charge is 2.27. The molecule has 0 unspecified atom stereocenters. The molecule has 0 aromatic carbocycles. The Labute approximate surface area is 197 Å². The summed E-state index contributed by atoms with van der Waals surface area (Å²) in [6, 6.07) is 0. The van der Waals surface area contributed by atoms with Crippen molar-refractivity contribution >= 4 is 35.7 Å². The van der Waals surface area contributed by atoms with Crippen molar-refractivity contribution < 1.29 is 28.9 Å². The molecule has 16 nitrogen and oxygen atoms in total. The number of aliphatic hydroxyl groups is 1. The topological polar surface area (TPSA) is 229 Å². The summed E-state index contributed by atoms with van der Waals surface area (Å²) in [5.41, 5.74) is 7.23. The van der Waals surface area contributed by atoms with Gasteiger partial charge < -0.3 is 39.7 Å². The minimum Gasteiger partial charge on any atom is -0.394 e. The van der Waals surface area contributed by atoms with Crippen molar-refractivity contribution in [2.75, 3.05) is 25.3 Å². The number of nitrogens with one attached hydrogen (secondary N) is 1. The second-order valence-electron chi connectivity index (χ2n) is 7.60. The lowest BCUT2D eigenvalue weighted by Gasteiger charge is -2.13. The lowest BCUT2D eigenvalue weighted by atomic mass is 10.2. The van der Waals surface area contributed by atoms with Crippen LogP contribution in [0.1, 0.15) is 19.1 Å². The van der Waals surface area contributed by atoms with Gasteiger partial charge in [-0.1, -0.05) is 0 Å². The summed E-state index contributed by atoms with van der Waals surface area (Å²) in [5, 5.41) is 9.02. The van der Waals surface area contributed by atoms with Crippen LogP contribution in [0.15, 0.2) is 30.1 Å². The van der Waals surface area contributed by atoms with Crippen molar-refractivity contribution in [3.05, 3.63) is 35.7 Å². The maximum atomic E-state index is 11.5. The second-order valence-corrected chi connectivity index (χ2v) is 9.19. The molecule has 0 aliphatic carbocycles. The van der Waals surface area contributed by atoms with Gasteiger partial charge in [-0.3, -0.25) is 13.9 Å². The summed E-state index contributed by atoms with van der Waals surface area (Å²) in [7, 11) is -4.12. The zero-order valence-electron chi connectivity index (χ0n) is 18.3. The maximum Gasteiger partial charge on any atom is 0.350 e. The molecular weight excluding hydrogens is 485 g/mol. The van der Waals surface area contributed by atoms with E-state index in [0.717, 1.165) is 12.8 Å². The van der Waals surface area contributed by atoms with E-state index in [4.69, 9.17) is 30.1 Å². The number of nitrogens with zero attached hydrogens (tertiary/aromatic N) is 7. The molecule has 4 aromatic heterocycles. The number of aliphatic hydroxyl groups excluding tert-OH is 1. The Morgan fingerprint density at radius 2 is 1.94 bits per heavy atom. The summed E-state index contributed by atoms with van der Waals surface area (Å²) in [6.07, 6.45) is 6.39. The van der Waals surface area contributed by atoms with E-state index < -0.39 is 13.9 Å². The molecule has 2 atom stereocenters. The zero-order valence-corrected chi connectivity index (χ0v) is 19.2. The number of hydrogen-bond donors (Lipinski definition) is 5. The van der Waals surface area contributed by atoms with Gasteiger partial charge in [-0.2, -0.15) is 0 Å². The Kier molecular flexibility index (Phi) is 7.49. The molecular formula is C18H24N9O7P. The van der Waals surface area contributed by atoms with Gasteiger partial charge in [0.15, 0.2) is 22.6 Å². The van der Waals surface area contributed by atoms with Crippen molar-refractivity contribution in [3.63, 3.8) is 0 Å². The number of rotatable bonds is 7. The van der Waals surface area contributed by atoms with E-state index in [2.05, 4.69) is 29.9 Å². The average Bonchev–Trinajstić information content (AvgIpc) is 3.55. The first-order valence-corrected chi connectivity index (χ1v) is 12.3. The number of H-pyrrole nitrogens is 1. The number of anilines is 1. The molecule has 0 spiro atoms. The van der Waals surface area contributed by atoms with Gasteiger partial charge in [-0.25, -0.2) is 24.9 Å². The number of fused-ring (bicyclic) bond motifs is 2. The number of nitrogen functional groups attached to an aromatic ring is 1. The van der Waals surface area contributed by atoms with E-state index in [-0.39, 0.29) is 36.9 Å². The van der Waals surface area contributed by atoms with Crippen molar-refractivity contribution in [2.45, 2.75) is 31.7 Å². The largest absolute Gasteiger partial charge is 0.394 e. The molecule has 5 rings (SSSR count). The standard InChI is InChI=1S/C10H12N4O3.C8H12N5O4P/c15-3-6-1-2-7(17-6)14-5-13-8-9(14)11-4-12-10(8)16;9-7-6-8(11-3-10-7)13(4-12-6)1-2-17-5-18(14,15)16/h4-7,15H,1-3H2,(H,11,12,16);3-4H,1-2,5H2,(H2,9,10,11)(H2,14,15,16)/t6-,7+;/m0./s1. The predicted octanol–water partition coefficient (Wildman–Crippen LogP) is -0.650. The van der Waals surface area contributed by atoms with E-state index in [1.165, 1.54) is 19.0 Å². The molecule has 188 valence electrons.